The van der Waals surface area contributed by atoms with Gasteiger partial charge in [0.2, 0.25) is 0 Å². The molecular weight excluding hydrogens is 467 g/mol. The SMILES string of the molecule is O=C(Nc1ccc(C(=O)N2CC(O)C2)c(Cl)c1)c1snc(-c2ccccc2)c1C(F)(F)F. The van der Waals surface area contributed by atoms with Crippen LogP contribution in [0.15, 0.2) is 48.5 Å². The van der Waals surface area contributed by atoms with Gasteiger partial charge in [0.05, 0.1) is 22.4 Å². The molecule has 2 amide bonds. The molecule has 0 spiro atoms. The molecule has 1 saturated heterocycles. The van der Waals surface area contributed by atoms with Gasteiger partial charge in [0.25, 0.3) is 11.8 Å². The van der Waals surface area contributed by atoms with Crippen molar-refractivity contribution in [2.45, 2.75) is 12.3 Å². The molecule has 0 saturated carbocycles. The molecule has 2 aromatic carbocycles. The van der Waals surface area contributed by atoms with Crippen molar-refractivity contribution in [1.82, 2.24) is 9.27 Å². The summed E-state index contributed by atoms with van der Waals surface area (Å²) >= 11 is 6.60. The number of aliphatic hydroxyl groups excluding tert-OH is 1. The predicted molar refractivity (Wildman–Crippen MR) is 114 cm³/mol. The second kappa shape index (κ2) is 8.53. The van der Waals surface area contributed by atoms with Crippen molar-refractivity contribution >= 4 is 40.6 Å². The summed E-state index contributed by atoms with van der Waals surface area (Å²) < 4.78 is 45.2. The number of anilines is 1. The molecule has 6 nitrogen and oxygen atoms in total. The molecule has 2 N–H and O–H groups in total. The number of rotatable bonds is 4. The van der Waals surface area contributed by atoms with Gasteiger partial charge in [-0.2, -0.15) is 17.5 Å². The molecule has 0 unspecified atom stereocenters. The van der Waals surface area contributed by atoms with E-state index in [0.29, 0.717) is 11.5 Å². The maximum absolute atomic E-state index is 13.8. The first kappa shape index (κ1) is 22.3. The van der Waals surface area contributed by atoms with E-state index in [1.54, 1.807) is 18.2 Å². The summed E-state index contributed by atoms with van der Waals surface area (Å²) in [5, 5.41) is 11.7. The van der Waals surface area contributed by atoms with Gasteiger partial charge >= 0.3 is 6.18 Å². The maximum atomic E-state index is 13.8. The first-order chi connectivity index (χ1) is 15.1. The highest BCUT2D eigenvalue weighted by molar-refractivity contribution is 7.08. The zero-order valence-corrected chi connectivity index (χ0v) is 17.8. The normalized spacial score (nSPS) is 14.2. The Morgan fingerprint density at radius 2 is 1.84 bits per heavy atom. The van der Waals surface area contributed by atoms with Crippen molar-refractivity contribution in [3.63, 3.8) is 0 Å². The molecule has 0 aliphatic carbocycles. The van der Waals surface area contributed by atoms with Crippen LogP contribution < -0.4 is 5.32 Å². The number of β-amino-alcohol motifs (C(OH)–C–C–N with tert-alkyl or cyclic N) is 1. The molecule has 0 bridgehead atoms. The van der Waals surface area contributed by atoms with E-state index in [0.717, 1.165) is 0 Å². The minimum absolute atomic E-state index is 0.0273. The highest BCUT2D eigenvalue weighted by atomic mass is 35.5. The van der Waals surface area contributed by atoms with E-state index in [-0.39, 0.29) is 46.5 Å². The summed E-state index contributed by atoms with van der Waals surface area (Å²) in [6, 6.07) is 11.8. The Morgan fingerprint density at radius 1 is 1.16 bits per heavy atom. The summed E-state index contributed by atoms with van der Waals surface area (Å²) in [6.07, 6.45) is -5.36. The Kier molecular flexibility index (Phi) is 5.93. The fourth-order valence-corrected chi connectivity index (χ4v) is 4.33. The molecule has 11 heteroatoms. The summed E-state index contributed by atoms with van der Waals surface area (Å²) in [4.78, 5) is 25.8. The van der Waals surface area contributed by atoms with Crippen LogP contribution in [-0.2, 0) is 6.18 Å². The summed E-state index contributed by atoms with van der Waals surface area (Å²) in [5.74, 6) is -1.37. The number of aliphatic hydroxyl groups is 1. The van der Waals surface area contributed by atoms with Gasteiger partial charge in [-0.15, -0.1) is 0 Å². The van der Waals surface area contributed by atoms with Gasteiger partial charge in [0.1, 0.15) is 10.4 Å². The van der Waals surface area contributed by atoms with Crippen LogP contribution in [0, 0.1) is 0 Å². The van der Waals surface area contributed by atoms with Crippen LogP contribution in [0.1, 0.15) is 25.6 Å². The van der Waals surface area contributed by atoms with Crippen LogP contribution in [0.25, 0.3) is 11.3 Å². The predicted octanol–water partition coefficient (Wildman–Crippen LogP) is 4.55. The van der Waals surface area contributed by atoms with Gasteiger partial charge in [-0.3, -0.25) is 9.59 Å². The van der Waals surface area contributed by atoms with Crippen LogP contribution in [0.2, 0.25) is 5.02 Å². The molecule has 166 valence electrons. The van der Waals surface area contributed by atoms with E-state index in [9.17, 15) is 27.9 Å². The molecule has 0 radical (unpaired) electrons. The fourth-order valence-electron chi connectivity index (χ4n) is 3.25. The first-order valence-corrected chi connectivity index (χ1v) is 10.5. The van der Waals surface area contributed by atoms with Gasteiger partial charge in [-0.1, -0.05) is 41.9 Å². The number of amides is 2. The maximum Gasteiger partial charge on any atom is 0.420 e. The number of carbonyl (C=O) groups excluding carboxylic acids is 2. The number of hydrogen-bond acceptors (Lipinski definition) is 5. The number of nitrogens with zero attached hydrogens (tertiary/aromatic N) is 2. The molecule has 4 rings (SSSR count). The second-order valence-electron chi connectivity index (χ2n) is 7.11. The highest BCUT2D eigenvalue weighted by Crippen LogP contribution is 2.41. The summed E-state index contributed by atoms with van der Waals surface area (Å²) in [7, 11) is 0. The van der Waals surface area contributed by atoms with Crippen LogP contribution in [0.3, 0.4) is 0 Å². The van der Waals surface area contributed by atoms with E-state index in [2.05, 4.69) is 9.69 Å². The molecule has 1 aromatic heterocycles. The lowest BCUT2D eigenvalue weighted by atomic mass is 10.1. The quantitative estimate of drug-likeness (QED) is 0.572. The van der Waals surface area contributed by atoms with Crippen LogP contribution in [0.5, 0.6) is 0 Å². The lowest BCUT2D eigenvalue weighted by molar-refractivity contribution is -0.137. The number of benzene rings is 2. The monoisotopic (exact) mass is 481 g/mol. The number of hydrogen-bond donors (Lipinski definition) is 2. The molecule has 1 aliphatic heterocycles. The third kappa shape index (κ3) is 4.34. The lowest BCUT2D eigenvalue weighted by Crippen LogP contribution is -2.53. The zero-order chi connectivity index (χ0) is 23.0. The third-order valence-electron chi connectivity index (χ3n) is 4.84. The smallest absolute Gasteiger partial charge is 0.389 e. The van der Waals surface area contributed by atoms with Crippen molar-refractivity contribution in [3.05, 3.63) is 69.6 Å². The third-order valence-corrected chi connectivity index (χ3v) is 5.99. The Morgan fingerprint density at radius 3 is 2.44 bits per heavy atom. The topological polar surface area (TPSA) is 82.5 Å². The minimum atomic E-state index is -4.79. The molecule has 32 heavy (non-hydrogen) atoms. The van der Waals surface area contributed by atoms with E-state index in [4.69, 9.17) is 11.6 Å². The summed E-state index contributed by atoms with van der Waals surface area (Å²) in [5.41, 5.74) is -0.888. The Bertz CT molecular complexity index is 1180. The van der Waals surface area contributed by atoms with Crippen LogP contribution in [0.4, 0.5) is 18.9 Å². The Hall–Kier alpha value is -2.95. The number of likely N-dealkylation sites (tertiary alicyclic amines) is 1. The molecular formula is C21H15ClF3N3O3S. The molecule has 3 aromatic rings. The lowest BCUT2D eigenvalue weighted by Gasteiger charge is -2.36. The van der Waals surface area contributed by atoms with Crippen LogP contribution >= 0.6 is 23.1 Å². The Balaban J connectivity index is 1.59. The van der Waals surface area contributed by atoms with Crippen molar-refractivity contribution < 1.29 is 27.9 Å². The largest absolute Gasteiger partial charge is 0.420 e. The van der Waals surface area contributed by atoms with Crippen molar-refractivity contribution in [2.75, 3.05) is 18.4 Å². The number of aromatic nitrogens is 1. The molecule has 0 atom stereocenters. The van der Waals surface area contributed by atoms with Crippen molar-refractivity contribution in [3.8, 4) is 11.3 Å². The van der Waals surface area contributed by atoms with Crippen molar-refractivity contribution in [1.29, 1.82) is 0 Å². The van der Waals surface area contributed by atoms with Gasteiger partial charge in [0, 0.05) is 24.3 Å². The van der Waals surface area contributed by atoms with E-state index < -0.39 is 28.6 Å². The number of nitrogens with one attached hydrogen (secondary N) is 1. The highest BCUT2D eigenvalue weighted by Gasteiger charge is 2.41. The first-order valence-electron chi connectivity index (χ1n) is 9.35. The van der Waals surface area contributed by atoms with E-state index in [1.807, 2.05) is 0 Å². The van der Waals surface area contributed by atoms with Gasteiger partial charge in [-0.25, -0.2) is 0 Å². The van der Waals surface area contributed by atoms with E-state index >= 15 is 0 Å². The van der Waals surface area contributed by atoms with Crippen molar-refractivity contribution in [2.24, 2.45) is 0 Å². The molecule has 1 aliphatic rings. The summed E-state index contributed by atoms with van der Waals surface area (Å²) in [6.45, 7) is 0.395. The minimum Gasteiger partial charge on any atom is -0.389 e. The van der Waals surface area contributed by atoms with Crippen LogP contribution in [-0.4, -0.2) is 45.4 Å². The second-order valence-corrected chi connectivity index (χ2v) is 8.29. The number of alkyl halides is 3. The average molecular weight is 482 g/mol. The number of halogens is 4. The van der Waals surface area contributed by atoms with Gasteiger partial charge < -0.3 is 15.3 Å². The Labute approximate surface area is 189 Å². The van der Waals surface area contributed by atoms with Gasteiger partial charge in [-0.05, 0) is 29.7 Å². The fraction of sp³-hybridized carbons (Fsp3) is 0.190. The molecule has 2 heterocycles. The number of carbonyl (C=O) groups is 2. The van der Waals surface area contributed by atoms with Gasteiger partial charge in [0.15, 0.2) is 0 Å². The zero-order valence-electron chi connectivity index (χ0n) is 16.2. The average Bonchev–Trinajstić information content (AvgIpc) is 3.18. The molecule has 1 fully saturated rings. The standard InChI is InChI=1S/C21H15ClF3N3O3S/c22-15-8-12(6-7-14(15)20(31)28-9-13(29)10-28)26-19(30)18-16(21(23,24)25)17(27-32-18)11-4-2-1-3-5-11/h1-8,13,29H,9-10H2,(H,26,30). The van der Waals surface area contributed by atoms with E-state index in [1.165, 1.54) is 35.2 Å².